The lowest BCUT2D eigenvalue weighted by Gasteiger charge is -2.35. The minimum Gasteiger partial charge on any atom is -0.224 e. The van der Waals surface area contributed by atoms with E-state index in [1.165, 1.54) is 17.5 Å². The molecule has 0 spiro atoms. The Morgan fingerprint density at radius 2 is 1.71 bits per heavy atom. The molecule has 0 aromatic heterocycles. The average Bonchev–Trinajstić information content (AvgIpc) is 2.95. The third-order valence-corrected chi connectivity index (χ3v) is 8.28. The van der Waals surface area contributed by atoms with Crippen molar-refractivity contribution in [3.8, 4) is 0 Å². The highest BCUT2D eigenvalue weighted by atomic mass is 79.9. The Bertz CT molecular complexity index is 616. The maximum atomic E-state index is 12.8. The second-order valence-electron chi connectivity index (χ2n) is 6.74. The fraction of sp³-hybridized carbons (Fsp3) is 0.647. The molecule has 0 saturated heterocycles. The van der Waals surface area contributed by atoms with Crippen molar-refractivity contribution < 1.29 is 8.42 Å². The van der Waals surface area contributed by atoms with Crippen LogP contribution in [0.25, 0.3) is 0 Å². The van der Waals surface area contributed by atoms with E-state index in [-0.39, 0.29) is 5.41 Å². The molecule has 0 bridgehead atoms. The van der Waals surface area contributed by atoms with Crippen molar-refractivity contribution >= 4 is 25.8 Å². The molecule has 21 heavy (non-hydrogen) atoms. The van der Waals surface area contributed by atoms with Crippen LogP contribution in [0.4, 0.5) is 0 Å². The number of hydrogen-bond donors (Lipinski definition) is 0. The van der Waals surface area contributed by atoms with Crippen molar-refractivity contribution in [2.24, 2.45) is 5.41 Å². The molecule has 0 amide bonds. The minimum atomic E-state index is -3.18. The van der Waals surface area contributed by atoms with Crippen LogP contribution in [0.2, 0.25) is 0 Å². The number of aryl methyl sites for hydroxylation is 2. The molecule has 1 saturated carbocycles. The fourth-order valence-corrected chi connectivity index (χ4v) is 6.83. The molecular formula is C17H23BrO2S. The van der Waals surface area contributed by atoms with Crippen LogP contribution in [-0.4, -0.2) is 19.5 Å². The predicted molar refractivity (Wildman–Crippen MR) is 89.8 cm³/mol. The largest absolute Gasteiger partial charge is 0.224 e. The van der Waals surface area contributed by atoms with Crippen LogP contribution in [-0.2, 0) is 22.7 Å². The van der Waals surface area contributed by atoms with E-state index >= 15 is 0 Å². The summed E-state index contributed by atoms with van der Waals surface area (Å²) in [5, 5.41) is 0.796. The maximum absolute atomic E-state index is 12.8. The molecule has 2 aliphatic carbocycles. The summed E-state index contributed by atoms with van der Waals surface area (Å²) in [6.07, 6.45) is 8.91. The van der Waals surface area contributed by atoms with Gasteiger partial charge in [-0.1, -0.05) is 41.3 Å². The van der Waals surface area contributed by atoms with Gasteiger partial charge in [0.1, 0.15) is 0 Å². The third kappa shape index (κ3) is 3.21. The Kier molecular flexibility index (Phi) is 4.47. The van der Waals surface area contributed by atoms with Crippen LogP contribution in [0.5, 0.6) is 0 Å². The van der Waals surface area contributed by atoms with E-state index in [9.17, 15) is 8.42 Å². The Labute approximate surface area is 136 Å². The summed E-state index contributed by atoms with van der Waals surface area (Å²) in [6, 6.07) is 5.78. The average molecular weight is 371 g/mol. The van der Waals surface area contributed by atoms with Gasteiger partial charge in [0.05, 0.1) is 10.6 Å². The van der Waals surface area contributed by atoms with Gasteiger partial charge in [0.25, 0.3) is 0 Å². The SMILES string of the molecule is O=S(=O)(CC1(CBr)CCCCC1)c1ccc2c(c1)CCC2. The molecular weight excluding hydrogens is 348 g/mol. The van der Waals surface area contributed by atoms with Crippen LogP contribution in [0.1, 0.15) is 49.7 Å². The van der Waals surface area contributed by atoms with Crippen LogP contribution in [0, 0.1) is 5.41 Å². The Morgan fingerprint density at radius 3 is 2.43 bits per heavy atom. The molecule has 1 fully saturated rings. The summed E-state index contributed by atoms with van der Waals surface area (Å²) >= 11 is 3.58. The number of halogens is 1. The van der Waals surface area contributed by atoms with Crippen molar-refractivity contribution in [1.82, 2.24) is 0 Å². The number of fused-ring (bicyclic) bond motifs is 1. The van der Waals surface area contributed by atoms with Crippen molar-refractivity contribution in [2.75, 3.05) is 11.1 Å². The van der Waals surface area contributed by atoms with Crippen molar-refractivity contribution in [2.45, 2.75) is 56.3 Å². The highest BCUT2D eigenvalue weighted by Gasteiger charge is 2.36. The molecule has 0 heterocycles. The van der Waals surface area contributed by atoms with Gasteiger partial charge >= 0.3 is 0 Å². The van der Waals surface area contributed by atoms with Gasteiger partial charge in [-0.25, -0.2) is 8.42 Å². The Balaban J connectivity index is 1.86. The van der Waals surface area contributed by atoms with Crippen LogP contribution >= 0.6 is 15.9 Å². The van der Waals surface area contributed by atoms with Gasteiger partial charge in [-0.3, -0.25) is 0 Å². The van der Waals surface area contributed by atoms with E-state index < -0.39 is 9.84 Å². The monoisotopic (exact) mass is 370 g/mol. The summed E-state index contributed by atoms with van der Waals surface area (Å²) < 4.78 is 25.7. The zero-order valence-corrected chi connectivity index (χ0v) is 14.8. The van der Waals surface area contributed by atoms with Crippen molar-refractivity contribution in [1.29, 1.82) is 0 Å². The summed E-state index contributed by atoms with van der Waals surface area (Å²) in [5.41, 5.74) is 2.52. The number of rotatable bonds is 4. The Hall–Kier alpha value is -0.350. The van der Waals surface area contributed by atoms with E-state index in [0.29, 0.717) is 10.6 Å². The number of benzene rings is 1. The number of hydrogen-bond acceptors (Lipinski definition) is 2. The Morgan fingerprint density at radius 1 is 1.00 bits per heavy atom. The first-order valence-electron chi connectivity index (χ1n) is 7.95. The topological polar surface area (TPSA) is 34.1 Å². The lowest BCUT2D eigenvalue weighted by Crippen LogP contribution is -2.34. The van der Waals surface area contributed by atoms with E-state index in [4.69, 9.17) is 0 Å². The van der Waals surface area contributed by atoms with E-state index in [1.807, 2.05) is 18.2 Å². The van der Waals surface area contributed by atoms with Gasteiger partial charge in [0.15, 0.2) is 9.84 Å². The number of alkyl halides is 1. The summed E-state index contributed by atoms with van der Waals surface area (Å²) in [4.78, 5) is 0.536. The van der Waals surface area contributed by atoms with Gasteiger partial charge in [-0.05, 0) is 60.8 Å². The second kappa shape index (κ2) is 6.04. The summed E-state index contributed by atoms with van der Waals surface area (Å²) in [5.74, 6) is 0.296. The van der Waals surface area contributed by atoms with Gasteiger partial charge < -0.3 is 0 Å². The zero-order chi connectivity index (χ0) is 14.9. The summed E-state index contributed by atoms with van der Waals surface area (Å²) in [7, 11) is -3.18. The molecule has 3 rings (SSSR count). The first-order chi connectivity index (χ1) is 10.0. The standard InChI is InChI=1S/C17H23BrO2S/c18-12-17(9-2-1-3-10-17)13-21(19,20)16-8-7-14-5-4-6-15(14)11-16/h7-8,11H,1-6,9-10,12-13H2. The molecule has 1 aromatic carbocycles. The molecule has 0 N–H and O–H groups in total. The maximum Gasteiger partial charge on any atom is 0.178 e. The highest BCUT2D eigenvalue weighted by molar-refractivity contribution is 9.09. The van der Waals surface area contributed by atoms with Gasteiger partial charge in [0, 0.05) is 5.33 Å². The quantitative estimate of drug-likeness (QED) is 0.740. The van der Waals surface area contributed by atoms with Crippen molar-refractivity contribution in [3.05, 3.63) is 29.3 Å². The van der Waals surface area contributed by atoms with Crippen molar-refractivity contribution in [3.63, 3.8) is 0 Å². The molecule has 0 radical (unpaired) electrons. The van der Waals surface area contributed by atoms with Crippen LogP contribution in [0.3, 0.4) is 0 Å². The first kappa shape index (κ1) is 15.5. The van der Waals surface area contributed by atoms with Crippen LogP contribution < -0.4 is 0 Å². The molecule has 4 heteroatoms. The van der Waals surface area contributed by atoms with E-state index in [2.05, 4.69) is 15.9 Å². The third-order valence-electron chi connectivity index (χ3n) is 5.12. The molecule has 0 aliphatic heterocycles. The highest BCUT2D eigenvalue weighted by Crippen LogP contribution is 2.40. The lowest BCUT2D eigenvalue weighted by molar-refractivity contribution is 0.256. The molecule has 0 unspecified atom stereocenters. The molecule has 2 nitrogen and oxygen atoms in total. The molecule has 0 atom stereocenters. The zero-order valence-electron chi connectivity index (χ0n) is 12.4. The van der Waals surface area contributed by atoms with Gasteiger partial charge in [-0.2, -0.15) is 0 Å². The fourth-order valence-electron chi connectivity index (χ4n) is 3.85. The molecule has 2 aliphatic rings. The normalized spacial score (nSPS) is 21.2. The predicted octanol–water partition coefficient (Wildman–Crippen LogP) is 4.29. The first-order valence-corrected chi connectivity index (χ1v) is 10.7. The van der Waals surface area contributed by atoms with E-state index in [1.54, 1.807) is 0 Å². The lowest BCUT2D eigenvalue weighted by atomic mass is 9.77. The number of sulfone groups is 1. The molecule has 1 aromatic rings. The van der Waals surface area contributed by atoms with Gasteiger partial charge in [-0.15, -0.1) is 0 Å². The second-order valence-corrected chi connectivity index (χ2v) is 9.29. The minimum absolute atomic E-state index is 0.0594. The summed E-state index contributed by atoms with van der Waals surface area (Å²) in [6.45, 7) is 0. The molecule has 116 valence electrons. The van der Waals surface area contributed by atoms with Crippen LogP contribution in [0.15, 0.2) is 23.1 Å². The van der Waals surface area contributed by atoms with E-state index in [0.717, 1.165) is 50.3 Å². The smallest absolute Gasteiger partial charge is 0.178 e. The van der Waals surface area contributed by atoms with Gasteiger partial charge in [0.2, 0.25) is 0 Å².